The van der Waals surface area contributed by atoms with Crippen molar-refractivity contribution >= 4 is 17.5 Å². The van der Waals surface area contributed by atoms with Gasteiger partial charge in [-0.25, -0.2) is 0 Å². The third-order valence-corrected chi connectivity index (χ3v) is 5.23. The maximum absolute atomic E-state index is 13.0. The first kappa shape index (κ1) is 20.5. The highest BCUT2D eigenvalue weighted by Gasteiger charge is 2.35. The van der Waals surface area contributed by atoms with Crippen molar-refractivity contribution < 1.29 is 24.2 Å². The Kier molecular flexibility index (Phi) is 5.98. The summed E-state index contributed by atoms with van der Waals surface area (Å²) in [6.45, 7) is 5.89. The van der Waals surface area contributed by atoms with Crippen molar-refractivity contribution in [3.8, 4) is 11.5 Å². The number of ketones is 2. The lowest BCUT2D eigenvalue weighted by molar-refractivity contribution is -0.123. The molecule has 0 fully saturated rings. The van der Waals surface area contributed by atoms with Crippen molar-refractivity contribution in [1.82, 2.24) is 4.90 Å². The number of nitrogens with two attached hydrogens (primary N) is 1. The Bertz CT molecular complexity index is 966. The molecule has 3 rings (SSSR count). The van der Waals surface area contributed by atoms with Gasteiger partial charge in [-0.15, -0.1) is 0 Å². The number of benzene rings is 2. The zero-order valence-electron chi connectivity index (χ0n) is 16.5. The highest BCUT2D eigenvalue weighted by molar-refractivity contribution is 6.30. The predicted molar refractivity (Wildman–Crippen MR) is 107 cm³/mol. The van der Waals surface area contributed by atoms with Gasteiger partial charge >= 0.3 is 0 Å². The molecule has 2 aromatic carbocycles. The van der Waals surface area contributed by atoms with E-state index >= 15 is 0 Å². The van der Waals surface area contributed by atoms with Gasteiger partial charge in [0.25, 0.3) is 0 Å². The van der Waals surface area contributed by atoms with E-state index in [0.29, 0.717) is 6.54 Å². The molecule has 1 unspecified atom stereocenters. The Labute approximate surface area is 169 Å². The molecule has 152 valence electrons. The van der Waals surface area contributed by atoms with Crippen LogP contribution in [0.3, 0.4) is 0 Å². The van der Waals surface area contributed by atoms with Crippen LogP contribution < -0.4 is 10.5 Å². The molecular weight excluding hydrogens is 372 g/mol. The molecule has 0 spiro atoms. The van der Waals surface area contributed by atoms with E-state index in [0.717, 1.165) is 13.1 Å². The van der Waals surface area contributed by atoms with Gasteiger partial charge in [0.15, 0.2) is 11.6 Å². The number of nitrogens with zero attached hydrogens (tertiary/aromatic N) is 1. The number of fused-ring (bicyclic) bond motifs is 2. The lowest BCUT2D eigenvalue weighted by atomic mass is 9.83. The third kappa shape index (κ3) is 3.86. The summed E-state index contributed by atoms with van der Waals surface area (Å²) in [5.41, 5.74) is 5.97. The highest BCUT2D eigenvalue weighted by Crippen LogP contribution is 2.38. The minimum Gasteiger partial charge on any atom is -0.507 e. The van der Waals surface area contributed by atoms with E-state index < -0.39 is 23.4 Å². The van der Waals surface area contributed by atoms with Gasteiger partial charge in [0.2, 0.25) is 5.91 Å². The van der Waals surface area contributed by atoms with Gasteiger partial charge in [-0.2, -0.15) is 0 Å². The average Bonchev–Trinajstić information content (AvgIpc) is 2.72. The Morgan fingerprint density at radius 2 is 1.62 bits per heavy atom. The summed E-state index contributed by atoms with van der Waals surface area (Å²) in [4.78, 5) is 39.8. The van der Waals surface area contributed by atoms with E-state index in [1.165, 1.54) is 12.1 Å². The zero-order valence-corrected chi connectivity index (χ0v) is 16.5. The van der Waals surface area contributed by atoms with E-state index in [-0.39, 0.29) is 40.4 Å². The molecule has 0 saturated carbocycles. The lowest BCUT2D eigenvalue weighted by Crippen LogP contribution is -2.39. The van der Waals surface area contributed by atoms with Crippen LogP contribution in [0.2, 0.25) is 0 Å². The summed E-state index contributed by atoms with van der Waals surface area (Å²) >= 11 is 0. The minimum absolute atomic E-state index is 0.0137. The van der Waals surface area contributed by atoms with Crippen LogP contribution in [0, 0.1) is 5.92 Å². The first-order chi connectivity index (χ1) is 13.9. The number of rotatable bonds is 8. The first-order valence-electron chi connectivity index (χ1n) is 9.57. The number of ether oxygens (including phenoxy) is 1. The molecule has 2 aromatic rings. The van der Waals surface area contributed by atoms with E-state index in [2.05, 4.69) is 4.90 Å². The average molecular weight is 396 g/mol. The molecule has 29 heavy (non-hydrogen) atoms. The molecule has 0 radical (unpaired) electrons. The second-order valence-corrected chi connectivity index (χ2v) is 6.93. The number of hydrogen-bond acceptors (Lipinski definition) is 6. The van der Waals surface area contributed by atoms with Gasteiger partial charge in [-0.3, -0.25) is 14.4 Å². The van der Waals surface area contributed by atoms with Crippen molar-refractivity contribution in [2.45, 2.75) is 13.8 Å². The number of phenols is 1. The summed E-state index contributed by atoms with van der Waals surface area (Å²) in [6.07, 6.45) is 0. The Balaban J connectivity index is 1.93. The zero-order chi connectivity index (χ0) is 21.1. The number of carbonyl (C=O) groups excluding carboxylic acids is 3. The topological polar surface area (TPSA) is 110 Å². The smallest absolute Gasteiger partial charge is 0.225 e. The third-order valence-electron chi connectivity index (χ3n) is 5.23. The summed E-state index contributed by atoms with van der Waals surface area (Å²) < 4.78 is 5.79. The van der Waals surface area contributed by atoms with Crippen molar-refractivity contribution in [3.63, 3.8) is 0 Å². The molecule has 7 nitrogen and oxygen atoms in total. The normalized spacial score (nSPS) is 13.8. The van der Waals surface area contributed by atoms with E-state index in [1.54, 1.807) is 24.3 Å². The van der Waals surface area contributed by atoms with E-state index in [1.807, 2.05) is 13.8 Å². The number of primary amides is 1. The number of amides is 1. The monoisotopic (exact) mass is 396 g/mol. The van der Waals surface area contributed by atoms with Crippen molar-refractivity contribution in [3.05, 3.63) is 58.7 Å². The first-order valence-corrected chi connectivity index (χ1v) is 9.57. The molecule has 7 heteroatoms. The van der Waals surface area contributed by atoms with Gasteiger partial charge in [-0.05, 0) is 25.2 Å². The summed E-state index contributed by atoms with van der Waals surface area (Å²) in [5, 5.41) is 10.2. The molecular formula is C22H24N2O5. The molecule has 0 saturated heterocycles. The van der Waals surface area contributed by atoms with Crippen LogP contribution in [0.5, 0.6) is 11.5 Å². The number of aromatic hydroxyl groups is 1. The molecule has 1 aliphatic rings. The predicted octanol–water partition coefficient (Wildman–Crippen LogP) is 1.99. The van der Waals surface area contributed by atoms with Gasteiger partial charge in [0, 0.05) is 17.7 Å². The molecule has 0 heterocycles. The van der Waals surface area contributed by atoms with Crippen LogP contribution in [0.1, 0.15) is 45.7 Å². The standard InChI is InChI=1S/C22H24N2O5/c1-3-24(4-2)11-13(22(23)28)12-29-17-10-9-16(25)18-19(17)21(27)15-8-6-5-7-14(15)20(18)26/h5-10,13,25H,3-4,11-12H2,1-2H3,(H2,23,28). The fourth-order valence-corrected chi connectivity index (χ4v) is 3.51. The van der Waals surface area contributed by atoms with Gasteiger partial charge in [0.05, 0.1) is 17.0 Å². The van der Waals surface area contributed by atoms with Gasteiger partial charge in [0.1, 0.15) is 18.1 Å². The van der Waals surface area contributed by atoms with E-state index in [9.17, 15) is 19.5 Å². The summed E-state index contributed by atoms with van der Waals surface area (Å²) in [7, 11) is 0. The molecule has 0 aromatic heterocycles. The largest absolute Gasteiger partial charge is 0.507 e. The maximum Gasteiger partial charge on any atom is 0.225 e. The Morgan fingerprint density at radius 3 is 2.17 bits per heavy atom. The molecule has 1 aliphatic carbocycles. The van der Waals surface area contributed by atoms with Gasteiger partial charge < -0.3 is 20.5 Å². The van der Waals surface area contributed by atoms with Crippen LogP contribution in [0.4, 0.5) is 0 Å². The van der Waals surface area contributed by atoms with E-state index in [4.69, 9.17) is 10.5 Å². The van der Waals surface area contributed by atoms with Crippen LogP contribution in [0.15, 0.2) is 36.4 Å². The Hall–Kier alpha value is -3.19. The number of carbonyl (C=O) groups is 3. The molecule has 0 bridgehead atoms. The molecule has 1 amide bonds. The molecule has 3 N–H and O–H groups in total. The van der Waals surface area contributed by atoms with Crippen LogP contribution in [0.25, 0.3) is 0 Å². The summed E-state index contributed by atoms with van der Waals surface area (Å²) in [6, 6.07) is 9.21. The number of phenolic OH excluding ortho intramolecular Hbond substituents is 1. The summed E-state index contributed by atoms with van der Waals surface area (Å²) in [5.74, 6) is -2.06. The van der Waals surface area contributed by atoms with Crippen molar-refractivity contribution in [2.75, 3.05) is 26.2 Å². The quantitative estimate of drug-likeness (QED) is 0.603. The van der Waals surface area contributed by atoms with Crippen LogP contribution >= 0.6 is 0 Å². The maximum atomic E-state index is 13.0. The van der Waals surface area contributed by atoms with Crippen molar-refractivity contribution in [2.24, 2.45) is 11.7 Å². The minimum atomic E-state index is -0.582. The molecule has 1 atom stereocenters. The SMILES string of the molecule is CCN(CC)CC(COc1ccc(O)c2c1C(=O)c1ccccc1C2=O)C(N)=O. The second-order valence-electron chi connectivity index (χ2n) is 6.93. The molecule has 0 aliphatic heterocycles. The van der Waals surface area contributed by atoms with Gasteiger partial charge in [-0.1, -0.05) is 38.1 Å². The fraction of sp³-hybridized carbons (Fsp3) is 0.318. The van der Waals surface area contributed by atoms with Crippen LogP contribution in [-0.4, -0.2) is 53.7 Å². The van der Waals surface area contributed by atoms with Crippen molar-refractivity contribution in [1.29, 1.82) is 0 Å². The Morgan fingerprint density at radius 1 is 1.03 bits per heavy atom. The lowest BCUT2D eigenvalue weighted by Gasteiger charge is -2.25. The fourth-order valence-electron chi connectivity index (χ4n) is 3.51. The highest BCUT2D eigenvalue weighted by atomic mass is 16.5. The van der Waals surface area contributed by atoms with Crippen LogP contribution in [-0.2, 0) is 4.79 Å². The second kappa shape index (κ2) is 8.45. The number of hydrogen-bond donors (Lipinski definition) is 2.